The van der Waals surface area contributed by atoms with E-state index in [0.29, 0.717) is 51.6 Å². The van der Waals surface area contributed by atoms with Gasteiger partial charge in [-0.25, -0.2) is 4.79 Å². The van der Waals surface area contributed by atoms with Gasteiger partial charge in [-0.15, -0.1) is 0 Å². The summed E-state index contributed by atoms with van der Waals surface area (Å²) in [7, 11) is 2.22. The molecule has 14 nitrogen and oxygen atoms in total. The average Bonchev–Trinajstić information content (AvgIpc) is 3.29. The lowest BCUT2D eigenvalue weighted by Crippen LogP contribution is -2.64. The highest BCUT2D eigenvalue weighted by Crippen LogP contribution is 2.42. The monoisotopic (exact) mass is 974 g/mol. The van der Waals surface area contributed by atoms with Gasteiger partial charge in [-0.05, 0) is 120 Å². The van der Waals surface area contributed by atoms with Crippen LogP contribution in [0.1, 0.15) is 133 Å². The van der Waals surface area contributed by atoms with E-state index in [4.69, 9.17) is 32.8 Å². The number of fused-ring (bicyclic) bond motifs is 3. The van der Waals surface area contributed by atoms with Crippen molar-refractivity contribution in [1.82, 2.24) is 4.90 Å². The normalized spacial score (nSPS) is 36.9. The first-order valence-electron chi connectivity index (χ1n) is 25.3. The first-order valence-corrected chi connectivity index (χ1v) is 28.2. The fourth-order valence-electron chi connectivity index (χ4n) is 10.5. The number of esters is 1. The van der Waals surface area contributed by atoms with E-state index >= 15 is 0 Å². The number of amides is 1. The Morgan fingerprint density at radius 1 is 0.912 bits per heavy atom. The van der Waals surface area contributed by atoms with E-state index in [9.17, 15) is 29.1 Å². The van der Waals surface area contributed by atoms with Gasteiger partial charge in [0.25, 0.3) is 11.7 Å². The minimum Gasteiger partial charge on any atom is -0.456 e. The van der Waals surface area contributed by atoms with Crippen LogP contribution >= 0.6 is 0 Å². The number of hydrogen-bond donors (Lipinski definition) is 1. The quantitative estimate of drug-likeness (QED) is 0.0495. The third kappa shape index (κ3) is 14.4. The summed E-state index contributed by atoms with van der Waals surface area (Å²) in [5.41, 5.74) is 1.82. The largest absolute Gasteiger partial charge is 0.456 e. The predicted octanol–water partition coefficient (Wildman–Crippen LogP) is 8.28. The molecular weight excluding hydrogens is 887 g/mol. The van der Waals surface area contributed by atoms with Gasteiger partial charge in [-0.2, -0.15) is 0 Å². The van der Waals surface area contributed by atoms with Crippen LogP contribution < -0.4 is 0 Å². The van der Waals surface area contributed by atoms with E-state index in [0.717, 1.165) is 23.9 Å². The van der Waals surface area contributed by atoms with Crippen molar-refractivity contribution in [2.75, 3.05) is 34.5 Å². The fraction of sp³-hybridized carbons (Fsp3) is 0.792. The SMILES string of the molecule is CCC1/C=C(\C)CC(C)CC(OC)C2OC(O)(C(=O)C(=O)N3CCCCC3C(=O)OC(C(C)=CC3CCC(OCC=CC=O)C(OC)C3)C(C)C(O[Si](C)(C)C(C)(C)C)CC1=O)C(C)CC2OC. The topological polar surface area (TPSA) is 173 Å². The zero-order chi connectivity index (χ0) is 50.7. The third-order valence-electron chi connectivity index (χ3n) is 15.7. The van der Waals surface area contributed by atoms with Crippen molar-refractivity contribution >= 4 is 38.0 Å². The minimum atomic E-state index is -2.55. The Morgan fingerprint density at radius 2 is 1.57 bits per heavy atom. The number of allylic oxidation sites excluding steroid dienone is 4. The van der Waals surface area contributed by atoms with Crippen molar-refractivity contribution in [2.45, 2.75) is 206 Å². The number of rotatable bonds is 12. The highest BCUT2D eigenvalue weighted by atomic mass is 28.4. The van der Waals surface area contributed by atoms with E-state index in [1.54, 1.807) is 34.3 Å². The molecule has 0 aromatic carbocycles. The van der Waals surface area contributed by atoms with Crippen LogP contribution in [0.2, 0.25) is 18.1 Å². The Balaban J connectivity index is 1.86. The lowest BCUT2D eigenvalue weighted by Gasteiger charge is -2.47. The van der Waals surface area contributed by atoms with Gasteiger partial charge in [0.2, 0.25) is 5.79 Å². The summed E-state index contributed by atoms with van der Waals surface area (Å²) in [5, 5.41) is 12.0. The van der Waals surface area contributed by atoms with Crippen molar-refractivity contribution in [2.24, 2.45) is 29.6 Å². The van der Waals surface area contributed by atoms with E-state index < -0.39 is 80.2 Å². The number of aliphatic hydroxyl groups is 1. The molecule has 0 spiro atoms. The Bertz CT molecular complexity index is 1810. The second-order valence-electron chi connectivity index (χ2n) is 21.9. The third-order valence-corrected chi connectivity index (χ3v) is 20.2. The highest BCUT2D eigenvalue weighted by Gasteiger charge is 2.57. The molecule has 4 rings (SSSR count). The first kappa shape index (κ1) is 57.7. The standard InChI is InChI=1S/C53H87NO13Si/c1-15-39-27-33(2)26-34(3)28-45(62-11)48-46(63-12)30-36(5)53(60,66-48)49(57)50(58)54-23-17-16-20-40(54)51(59)65-47(37(6)43(32-41(39)56)67-68(13,14)52(7,8)9)35(4)29-38-21-22-42(44(31-38)61-10)64-25-19-18-24-55/h18-19,24,27,29,34,36-40,42-48,60H,15-17,20-23,25-26,28,30-32H2,1-14H3/b19-18?,33-27+,35-29?. The number of ketones is 2. The van der Waals surface area contributed by atoms with Crippen molar-refractivity contribution < 1.29 is 61.9 Å². The fourth-order valence-corrected chi connectivity index (χ4v) is 12.0. The first-order chi connectivity index (χ1) is 32.0. The summed E-state index contributed by atoms with van der Waals surface area (Å²) in [4.78, 5) is 70.8. The molecule has 386 valence electrons. The maximum absolute atomic E-state index is 14.9. The van der Waals surface area contributed by atoms with Gasteiger partial charge < -0.3 is 42.9 Å². The molecule has 14 atom stereocenters. The van der Waals surface area contributed by atoms with Crippen LogP contribution in [0, 0.1) is 29.6 Å². The molecule has 3 aliphatic heterocycles. The summed E-state index contributed by atoms with van der Waals surface area (Å²) < 4.78 is 44.1. The maximum Gasteiger partial charge on any atom is 0.329 e. The van der Waals surface area contributed by atoms with Crippen LogP contribution in [0.3, 0.4) is 0 Å². The second kappa shape index (κ2) is 25.5. The van der Waals surface area contributed by atoms with Crippen LogP contribution in [-0.4, -0.2) is 137 Å². The highest BCUT2D eigenvalue weighted by molar-refractivity contribution is 6.74. The molecule has 1 aliphatic carbocycles. The number of ether oxygens (including phenoxy) is 6. The summed E-state index contributed by atoms with van der Waals surface area (Å²) >= 11 is 0. The molecule has 2 saturated heterocycles. The molecule has 68 heavy (non-hydrogen) atoms. The minimum absolute atomic E-state index is 0.0329. The lowest BCUT2D eigenvalue weighted by molar-refractivity contribution is -0.302. The van der Waals surface area contributed by atoms with Crippen molar-refractivity contribution in [3.05, 3.63) is 35.5 Å². The van der Waals surface area contributed by atoms with Crippen LogP contribution in [0.15, 0.2) is 35.5 Å². The second-order valence-corrected chi connectivity index (χ2v) is 26.6. The summed E-state index contributed by atoms with van der Waals surface area (Å²) in [6.07, 6.45) is 9.66. The molecule has 2 bridgehead atoms. The Labute approximate surface area is 408 Å². The Morgan fingerprint density at radius 3 is 2.19 bits per heavy atom. The molecule has 0 radical (unpaired) electrons. The number of nitrogens with zero attached hydrogens (tertiary/aromatic N) is 1. The molecule has 0 aromatic heterocycles. The number of aldehydes is 1. The molecule has 15 heteroatoms. The number of methoxy groups -OCH3 is 3. The molecule has 4 aliphatic rings. The van der Waals surface area contributed by atoms with Crippen molar-refractivity contribution in [3.8, 4) is 0 Å². The number of hydrogen-bond acceptors (Lipinski definition) is 13. The lowest BCUT2D eigenvalue weighted by atomic mass is 9.81. The summed E-state index contributed by atoms with van der Waals surface area (Å²) in [6, 6.07) is -1.12. The Kier molecular flexibility index (Phi) is 21.6. The molecule has 3 heterocycles. The molecule has 0 aromatic rings. The molecule has 1 saturated carbocycles. The number of Topliss-reactive ketones (excluding diaryl/α,β-unsaturated/α-hetero) is 2. The molecule has 14 unspecified atom stereocenters. The van der Waals surface area contributed by atoms with E-state index in [1.165, 1.54) is 11.0 Å². The number of carbonyl (C=O) groups excluding carboxylic acids is 5. The average molecular weight is 974 g/mol. The molecular formula is C53H87NO13Si. The smallest absolute Gasteiger partial charge is 0.329 e. The van der Waals surface area contributed by atoms with Crippen LogP contribution in [0.5, 0.6) is 0 Å². The van der Waals surface area contributed by atoms with Crippen molar-refractivity contribution in [1.29, 1.82) is 0 Å². The molecule has 1 N–H and O–H groups in total. The van der Waals surface area contributed by atoms with E-state index in [2.05, 4.69) is 52.9 Å². The van der Waals surface area contributed by atoms with Gasteiger partial charge in [-0.1, -0.05) is 72.3 Å². The number of piperidine rings is 1. The Hall–Kier alpha value is -2.89. The van der Waals surface area contributed by atoms with Gasteiger partial charge in [-0.3, -0.25) is 19.2 Å². The van der Waals surface area contributed by atoms with Crippen LogP contribution in [-0.2, 0) is 56.8 Å². The summed E-state index contributed by atoms with van der Waals surface area (Å²) in [6.45, 7) is 22.9. The van der Waals surface area contributed by atoms with Gasteiger partial charge in [0.1, 0.15) is 30.3 Å². The van der Waals surface area contributed by atoms with Gasteiger partial charge in [0.05, 0.1) is 37.1 Å². The predicted molar refractivity (Wildman–Crippen MR) is 263 cm³/mol. The van der Waals surface area contributed by atoms with E-state index in [1.807, 2.05) is 27.7 Å². The molecule has 3 fully saturated rings. The van der Waals surface area contributed by atoms with Gasteiger partial charge in [0.15, 0.2) is 8.32 Å². The van der Waals surface area contributed by atoms with Crippen LogP contribution in [0.4, 0.5) is 0 Å². The van der Waals surface area contributed by atoms with Crippen molar-refractivity contribution in [3.63, 3.8) is 0 Å². The zero-order valence-electron chi connectivity index (χ0n) is 43.9. The summed E-state index contributed by atoms with van der Waals surface area (Å²) in [5.74, 6) is -6.94. The number of cyclic esters (lactones) is 1. The van der Waals surface area contributed by atoms with Gasteiger partial charge in [0, 0.05) is 52.0 Å². The molecule has 1 amide bonds. The van der Waals surface area contributed by atoms with Gasteiger partial charge >= 0.3 is 5.97 Å². The zero-order valence-corrected chi connectivity index (χ0v) is 44.9. The maximum atomic E-state index is 14.9. The van der Waals surface area contributed by atoms with E-state index in [-0.39, 0.29) is 66.6 Å². The number of carbonyl (C=O) groups is 5. The van der Waals surface area contributed by atoms with Crippen LogP contribution in [0.25, 0.3) is 0 Å².